The molecule has 0 saturated heterocycles. The topological polar surface area (TPSA) is 49.6 Å². The fourth-order valence-electron chi connectivity index (χ4n) is 2.35. The van der Waals surface area contributed by atoms with Crippen LogP contribution in [0.15, 0.2) is 18.6 Å². The molecule has 3 nitrogen and oxygen atoms in total. The molecule has 0 amide bonds. The maximum absolute atomic E-state index is 9.43. The Morgan fingerprint density at radius 2 is 2.06 bits per heavy atom. The molecule has 1 unspecified atom stereocenters. The second kappa shape index (κ2) is 4.92. The zero-order valence-corrected chi connectivity index (χ0v) is 10.7. The van der Waals surface area contributed by atoms with E-state index in [9.17, 15) is 5.26 Å². The van der Waals surface area contributed by atoms with Gasteiger partial charge in [-0.15, -0.1) is 0 Å². The Bertz CT molecular complexity index is 381. The molecule has 1 aromatic heterocycles. The molecule has 0 aliphatic heterocycles. The van der Waals surface area contributed by atoms with Gasteiger partial charge in [-0.05, 0) is 18.8 Å². The summed E-state index contributed by atoms with van der Waals surface area (Å²) in [6, 6.07) is 2.38. The zero-order valence-electron chi connectivity index (χ0n) is 9.06. The van der Waals surface area contributed by atoms with Crippen molar-refractivity contribution in [1.82, 2.24) is 9.97 Å². The molecule has 0 radical (unpaired) electrons. The smallest absolute Gasteiger partial charge is 0.158 e. The van der Waals surface area contributed by atoms with E-state index in [0.29, 0.717) is 5.92 Å². The van der Waals surface area contributed by atoms with Gasteiger partial charge in [0.1, 0.15) is 0 Å². The third kappa shape index (κ3) is 2.10. The van der Waals surface area contributed by atoms with Crippen LogP contribution in [-0.4, -0.2) is 9.97 Å². The molecule has 84 valence electrons. The van der Waals surface area contributed by atoms with Gasteiger partial charge in [-0.2, -0.15) is 5.26 Å². The summed E-state index contributed by atoms with van der Waals surface area (Å²) in [5.74, 6) is 0.350. The van der Waals surface area contributed by atoms with Crippen LogP contribution in [0.5, 0.6) is 0 Å². The van der Waals surface area contributed by atoms with Crippen molar-refractivity contribution in [2.24, 2.45) is 5.92 Å². The molecule has 2 rings (SSSR count). The largest absolute Gasteiger partial charge is 0.261 e. The van der Waals surface area contributed by atoms with E-state index in [2.05, 4.69) is 32.0 Å². The van der Waals surface area contributed by atoms with Gasteiger partial charge in [-0.1, -0.05) is 35.2 Å². The lowest BCUT2D eigenvalue weighted by atomic mass is 9.79. The first-order valence-electron chi connectivity index (χ1n) is 5.64. The standard InChI is InChI=1S/C12H14BrN3/c13-12(9-14,10-4-2-1-3-5-10)11-8-15-6-7-16-11/h6-8,10H,1-5H2. The molecule has 16 heavy (non-hydrogen) atoms. The predicted molar refractivity (Wildman–Crippen MR) is 64.8 cm³/mol. The second-order valence-corrected chi connectivity index (χ2v) is 5.50. The van der Waals surface area contributed by atoms with Gasteiger partial charge in [0.05, 0.1) is 18.0 Å². The molecule has 0 N–H and O–H groups in total. The Labute approximate surface area is 104 Å². The van der Waals surface area contributed by atoms with Crippen molar-refractivity contribution < 1.29 is 0 Å². The number of rotatable bonds is 2. The van der Waals surface area contributed by atoms with E-state index in [0.717, 1.165) is 18.5 Å². The number of hydrogen-bond acceptors (Lipinski definition) is 3. The Morgan fingerprint density at radius 1 is 1.31 bits per heavy atom. The quantitative estimate of drug-likeness (QED) is 0.782. The molecule has 1 aromatic rings. The lowest BCUT2D eigenvalue weighted by Gasteiger charge is -2.32. The Kier molecular flexibility index (Phi) is 3.55. The van der Waals surface area contributed by atoms with Crippen LogP contribution >= 0.6 is 15.9 Å². The van der Waals surface area contributed by atoms with Gasteiger partial charge in [0.2, 0.25) is 0 Å². The molecule has 1 saturated carbocycles. The van der Waals surface area contributed by atoms with Gasteiger partial charge in [0.25, 0.3) is 0 Å². The molecule has 1 fully saturated rings. The lowest BCUT2D eigenvalue weighted by Crippen LogP contribution is -2.30. The van der Waals surface area contributed by atoms with Crippen LogP contribution < -0.4 is 0 Å². The first-order chi connectivity index (χ1) is 7.77. The number of nitrogens with zero attached hydrogens (tertiary/aromatic N) is 3. The summed E-state index contributed by atoms with van der Waals surface area (Å²) in [6.07, 6.45) is 10.9. The first-order valence-corrected chi connectivity index (χ1v) is 6.43. The fraction of sp³-hybridized carbons (Fsp3) is 0.583. The highest BCUT2D eigenvalue weighted by Crippen LogP contribution is 2.44. The van der Waals surface area contributed by atoms with Crippen molar-refractivity contribution in [1.29, 1.82) is 5.26 Å². The van der Waals surface area contributed by atoms with Crippen LogP contribution in [0.3, 0.4) is 0 Å². The van der Waals surface area contributed by atoms with Crippen molar-refractivity contribution >= 4 is 15.9 Å². The molecule has 1 atom stereocenters. The van der Waals surface area contributed by atoms with Crippen molar-refractivity contribution in [2.45, 2.75) is 36.4 Å². The van der Waals surface area contributed by atoms with Crippen LogP contribution in [0, 0.1) is 17.2 Å². The number of hydrogen-bond donors (Lipinski definition) is 0. The van der Waals surface area contributed by atoms with Gasteiger partial charge in [-0.25, -0.2) is 0 Å². The van der Waals surface area contributed by atoms with E-state index in [1.807, 2.05) is 0 Å². The fourth-order valence-corrected chi connectivity index (χ4v) is 3.01. The van der Waals surface area contributed by atoms with E-state index in [1.54, 1.807) is 18.6 Å². The van der Waals surface area contributed by atoms with Crippen molar-refractivity contribution in [2.75, 3.05) is 0 Å². The van der Waals surface area contributed by atoms with Crippen molar-refractivity contribution in [3.05, 3.63) is 24.3 Å². The average molecular weight is 280 g/mol. The normalized spacial score (nSPS) is 21.0. The number of aromatic nitrogens is 2. The molecule has 4 heteroatoms. The summed E-state index contributed by atoms with van der Waals surface area (Å²) >= 11 is 3.59. The van der Waals surface area contributed by atoms with E-state index in [1.165, 1.54) is 19.3 Å². The zero-order chi connectivity index (χ0) is 11.4. The number of alkyl halides is 1. The number of halogens is 1. The maximum Gasteiger partial charge on any atom is 0.158 e. The van der Waals surface area contributed by atoms with E-state index in [-0.39, 0.29) is 0 Å². The second-order valence-electron chi connectivity index (χ2n) is 4.25. The van der Waals surface area contributed by atoms with Crippen molar-refractivity contribution in [3.8, 4) is 6.07 Å². The van der Waals surface area contributed by atoms with Crippen LogP contribution in [0.2, 0.25) is 0 Å². The van der Waals surface area contributed by atoms with E-state index in [4.69, 9.17) is 0 Å². The SMILES string of the molecule is N#CC(Br)(c1cnccn1)C1CCCCC1. The average Bonchev–Trinajstić information content (AvgIpc) is 2.40. The van der Waals surface area contributed by atoms with Gasteiger partial charge < -0.3 is 0 Å². The highest BCUT2D eigenvalue weighted by atomic mass is 79.9. The van der Waals surface area contributed by atoms with Crippen LogP contribution in [-0.2, 0) is 4.32 Å². The van der Waals surface area contributed by atoms with Crippen LogP contribution in [0.1, 0.15) is 37.8 Å². The number of nitriles is 1. The van der Waals surface area contributed by atoms with Crippen LogP contribution in [0.4, 0.5) is 0 Å². The summed E-state index contributed by atoms with van der Waals surface area (Å²) < 4.78 is -0.651. The molecule has 0 aromatic carbocycles. The molecule has 1 aliphatic carbocycles. The minimum atomic E-state index is -0.651. The summed E-state index contributed by atoms with van der Waals surface area (Å²) in [5, 5.41) is 9.43. The minimum Gasteiger partial charge on any atom is -0.261 e. The summed E-state index contributed by atoms with van der Waals surface area (Å²) in [7, 11) is 0. The molecular formula is C12H14BrN3. The molecule has 1 heterocycles. The lowest BCUT2D eigenvalue weighted by molar-refractivity contribution is 0.317. The van der Waals surface area contributed by atoms with E-state index >= 15 is 0 Å². The molecule has 0 spiro atoms. The molecule has 1 aliphatic rings. The van der Waals surface area contributed by atoms with Gasteiger partial charge in [-0.3, -0.25) is 9.97 Å². The van der Waals surface area contributed by atoms with Gasteiger partial charge in [0.15, 0.2) is 4.32 Å². The highest BCUT2D eigenvalue weighted by Gasteiger charge is 2.40. The third-order valence-corrected chi connectivity index (χ3v) is 4.50. The van der Waals surface area contributed by atoms with Crippen LogP contribution in [0.25, 0.3) is 0 Å². The monoisotopic (exact) mass is 279 g/mol. The summed E-state index contributed by atoms with van der Waals surface area (Å²) in [4.78, 5) is 8.31. The highest BCUT2D eigenvalue weighted by molar-refractivity contribution is 9.09. The van der Waals surface area contributed by atoms with Gasteiger partial charge in [0, 0.05) is 12.4 Å². The Balaban J connectivity index is 2.29. The minimum absolute atomic E-state index is 0.350. The third-order valence-electron chi connectivity index (χ3n) is 3.27. The molecule has 0 bridgehead atoms. The van der Waals surface area contributed by atoms with E-state index < -0.39 is 4.32 Å². The molecular weight excluding hydrogens is 266 g/mol. The summed E-state index contributed by atoms with van der Waals surface area (Å²) in [6.45, 7) is 0. The first kappa shape index (κ1) is 11.5. The van der Waals surface area contributed by atoms with Gasteiger partial charge >= 0.3 is 0 Å². The maximum atomic E-state index is 9.43. The predicted octanol–water partition coefficient (Wildman–Crippen LogP) is 3.17. The summed E-state index contributed by atoms with van der Waals surface area (Å²) in [5.41, 5.74) is 0.740. The Hall–Kier alpha value is -0.950. The Morgan fingerprint density at radius 3 is 2.62 bits per heavy atom. The van der Waals surface area contributed by atoms with Crippen molar-refractivity contribution in [3.63, 3.8) is 0 Å².